The molecule has 0 aromatic rings. The van der Waals surface area contributed by atoms with Gasteiger partial charge in [-0.2, -0.15) is 0 Å². The second-order valence-corrected chi connectivity index (χ2v) is 2.34. The number of carboxylic acids is 1. The van der Waals surface area contributed by atoms with E-state index < -0.39 is 19.8 Å². The Labute approximate surface area is 54.5 Å². The standard InChI is InChI=1S/C2H3O7P/c3-1(4)2(5)9-10(6,7)8/h(H,3,4)(H2,6,7,8). The Morgan fingerprint density at radius 1 is 1.30 bits per heavy atom. The van der Waals surface area contributed by atoms with Gasteiger partial charge in [0.15, 0.2) is 0 Å². The molecule has 7 nitrogen and oxygen atoms in total. The predicted octanol–water partition coefficient (Wildman–Crippen LogP) is -1.29. The van der Waals surface area contributed by atoms with Crippen LogP contribution in [0.25, 0.3) is 0 Å². The summed E-state index contributed by atoms with van der Waals surface area (Å²) >= 11 is 0. The van der Waals surface area contributed by atoms with Gasteiger partial charge < -0.3 is 9.63 Å². The van der Waals surface area contributed by atoms with Gasteiger partial charge in [-0.15, -0.1) is 0 Å². The maximum absolute atomic E-state index is 9.84. The fourth-order valence-electron chi connectivity index (χ4n) is 0.147. The summed E-state index contributed by atoms with van der Waals surface area (Å²) in [6.45, 7) is 0. The number of carbonyl (C=O) groups is 2. The molecule has 0 amide bonds. The number of rotatable bonds is 1. The third-order valence-corrected chi connectivity index (χ3v) is 0.780. The molecule has 0 rings (SSSR count). The molecule has 0 fully saturated rings. The third-order valence-electron chi connectivity index (χ3n) is 0.376. The highest BCUT2D eigenvalue weighted by Crippen LogP contribution is 2.35. The molecule has 0 aliphatic rings. The van der Waals surface area contributed by atoms with E-state index in [4.69, 9.17) is 14.9 Å². The monoisotopic (exact) mass is 170 g/mol. The third kappa shape index (κ3) is 4.02. The zero-order valence-electron chi connectivity index (χ0n) is 4.42. The first-order chi connectivity index (χ1) is 4.33. The minimum Gasteiger partial charge on any atom is -0.473 e. The van der Waals surface area contributed by atoms with Gasteiger partial charge in [-0.05, 0) is 0 Å². The molecule has 0 aromatic heterocycles. The van der Waals surface area contributed by atoms with Gasteiger partial charge in [0.2, 0.25) is 0 Å². The average molecular weight is 170 g/mol. The van der Waals surface area contributed by atoms with E-state index in [1.807, 2.05) is 0 Å². The Balaban J connectivity index is 4.07. The molecule has 0 heterocycles. The highest BCUT2D eigenvalue weighted by Gasteiger charge is 2.25. The Morgan fingerprint density at radius 3 is 1.80 bits per heavy atom. The molecule has 10 heavy (non-hydrogen) atoms. The number of phosphoric acid groups is 1. The maximum Gasteiger partial charge on any atom is 0.527 e. The van der Waals surface area contributed by atoms with Gasteiger partial charge in [0.25, 0.3) is 0 Å². The molecule has 8 heteroatoms. The van der Waals surface area contributed by atoms with Gasteiger partial charge in [0.05, 0.1) is 0 Å². The van der Waals surface area contributed by atoms with Crippen molar-refractivity contribution in [3.63, 3.8) is 0 Å². The molecule has 0 spiro atoms. The highest BCUT2D eigenvalue weighted by atomic mass is 31.2. The van der Waals surface area contributed by atoms with Crippen LogP contribution in [0.4, 0.5) is 0 Å². The Bertz CT molecular complexity index is 200. The van der Waals surface area contributed by atoms with E-state index in [-0.39, 0.29) is 0 Å². The topological polar surface area (TPSA) is 121 Å². The quantitative estimate of drug-likeness (QED) is 0.330. The molecule has 0 aliphatic carbocycles. The van der Waals surface area contributed by atoms with E-state index in [9.17, 15) is 14.2 Å². The molecule has 0 unspecified atom stereocenters. The Kier molecular flexibility index (Phi) is 2.53. The van der Waals surface area contributed by atoms with Crippen LogP contribution in [-0.2, 0) is 18.7 Å². The number of hydrogen-bond acceptors (Lipinski definition) is 4. The van der Waals surface area contributed by atoms with Crippen LogP contribution in [0.3, 0.4) is 0 Å². The van der Waals surface area contributed by atoms with E-state index >= 15 is 0 Å². The van der Waals surface area contributed by atoms with Crippen molar-refractivity contribution in [1.82, 2.24) is 0 Å². The molecule has 58 valence electrons. The van der Waals surface area contributed by atoms with E-state index in [2.05, 4.69) is 4.52 Å². The number of carboxylic acid groups (broad SMARTS) is 1. The van der Waals surface area contributed by atoms with Crippen LogP contribution in [-0.4, -0.2) is 26.8 Å². The summed E-state index contributed by atoms with van der Waals surface area (Å²) in [5.41, 5.74) is 0. The Hall–Kier alpha value is -0.910. The van der Waals surface area contributed by atoms with Crippen molar-refractivity contribution in [2.75, 3.05) is 0 Å². The Morgan fingerprint density at radius 2 is 1.70 bits per heavy atom. The van der Waals surface area contributed by atoms with E-state index in [1.54, 1.807) is 0 Å². The SMILES string of the molecule is O=C(O)C(=O)OP(=O)(O)O. The predicted molar refractivity (Wildman–Crippen MR) is 25.8 cm³/mol. The van der Waals surface area contributed by atoms with E-state index in [0.29, 0.717) is 0 Å². The summed E-state index contributed by atoms with van der Waals surface area (Å²) in [6, 6.07) is 0. The number of phosphoric ester groups is 1. The summed E-state index contributed by atoms with van der Waals surface area (Å²) in [5.74, 6) is -4.03. The fourth-order valence-corrected chi connectivity index (χ4v) is 0.441. The summed E-state index contributed by atoms with van der Waals surface area (Å²) in [7, 11) is -5.01. The van der Waals surface area contributed by atoms with Crippen molar-refractivity contribution in [3.8, 4) is 0 Å². The maximum atomic E-state index is 9.84. The second kappa shape index (κ2) is 2.78. The van der Waals surface area contributed by atoms with Crippen LogP contribution in [0, 0.1) is 0 Å². The van der Waals surface area contributed by atoms with Crippen molar-refractivity contribution < 1.29 is 33.6 Å². The summed E-state index contributed by atoms with van der Waals surface area (Å²) < 4.78 is 12.9. The zero-order chi connectivity index (χ0) is 8.36. The molecule has 0 atom stereocenters. The van der Waals surface area contributed by atoms with Crippen LogP contribution < -0.4 is 0 Å². The first-order valence-electron chi connectivity index (χ1n) is 1.85. The minimum absolute atomic E-state index is 1.98. The number of carbonyl (C=O) groups excluding carboxylic acids is 1. The molecular formula is C2H3O7P. The molecule has 0 aliphatic heterocycles. The molecule has 0 saturated carbocycles. The van der Waals surface area contributed by atoms with Gasteiger partial charge in [0.1, 0.15) is 0 Å². The number of hydrogen-bond donors (Lipinski definition) is 3. The zero-order valence-corrected chi connectivity index (χ0v) is 5.32. The van der Waals surface area contributed by atoms with Crippen molar-refractivity contribution in [1.29, 1.82) is 0 Å². The summed E-state index contributed by atoms with van der Waals surface area (Å²) in [6.07, 6.45) is 0. The first-order valence-corrected chi connectivity index (χ1v) is 3.38. The molecular weight excluding hydrogens is 167 g/mol. The molecule has 3 N–H and O–H groups in total. The lowest BCUT2D eigenvalue weighted by Crippen LogP contribution is -2.14. The van der Waals surface area contributed by atoms with Gasteiger partial charge >= 0.3 is 19.8 Å². The van der Waals surface area contributed by atoms with Gasteiger partial charge in [-0.3, -0.25) is 9.79 Å². The lowest BCUT2D eigenvalue weighted by Gasteiger charge is -1.99. The minimum atomic E-state index is -5.01. The molecule has 0 aromatic carbocycles. The largest absolute Gasteiger partial charge is 0.527 e. The van der Waals surface area contributed by atoms with E-state index in [0.717, 1.165) is 0 Å². The van der Waals surface area contributed by atoms with Gasteiger partial charge in [-0.25, -0.2) is 14.2 Å². The van der Waals surface area contributed by atoms with Crippen LogP contribution >= 0.6 is 7.82 Å². The normalized spacial score (nSPS) is 10.6. The fraction of sp³-hybridized carbons (Fsp3) is 0. The van der Waals surface area contributed by atoms with Crippen molar-refractivity contribution in [2.45, 2.75) is 0 Å². The van der Waals surface area contributed by atoms with Crippen LogP contribution in [0.1, 0.15) is 0 Å². The van der Waals surface area contributed by atoms with Crippen LogP contribution in [0.2, 0.25) is 0 Å². The van der Waals surface area contributed by atoms with Gasteiger partial charge in [0, 0.05) is 0 Å². The van der Waals surface area contributed by atoms with Crippen molar-refractivity contribution in [2.24, 2.45) is 0 Å². The number of aliphatic carboxylic acids is 1. The summed E-state index contributed by atoms with van der Waals surface area (Å²) in [5, 5.41) is 7.73. The molecule has 0 bridgehead atoms. The summed E-state index contributed by atoms with van der Waals surface area (Å²) in [4.78, 5) is 35.1. The van der Waals surface area contributed by atoms with Crippen molar-refractivity contribution in [3.05, 3.63) is 0 Å². The van der Waals surface area contributed by atoms with Gasteiger partial charge in [-0.1, -0.05) is 0 Å². The first kappa shape index (κ1) is 9.09. The lowest BCUT2D eigenvalue weighted by molar-refractivity contribution is -0.158. The smallest absolute Gasteiger partial charge is 0.473 e. The van der Waals surface area contributed by atoms with E-state index in [1.165, 1.54) is 0 Å². The highest BCUT2D eigenvalue weighted by molar-refractivity contribution is 7.47. The van der Waals surface area contributed by atoms with Crippen LogP contribution in [0.5, 0.6) is 0 Å². The van der Waals surface area contributed by atoms with Crippen LogP contribution in [0.15, 0.2) is 0 Å². The van der Waals surface area contributed by atoms with Crippen molar-refractivity contribution >= 4 is 19.8 Å². The average Bonchev–Trinajstić information content (AvgIpc) is 1.60. The molecule has 0 saturated heterocycles. The lowest BCUT2D eigenvalue weighted by atomic mass is 10.7. The second-order valence-electron chi connectivity index (χ2n) is 1.17. The molecule has 0 radical (unpaired) electrons.